The van der Waals surface area contributed by atoms with Crippen LogP contribution in [0.25, 0.3) is 20.9 Å². The van der Waals surface area contributed by atoms with Crippen LogP contribution in [0.5, 0.6) is 5.75 Å². The van der Waals surface area contributed by atoms with Gasteiger partial charge in [-0.15, -0.1) is 11.3 Å². The molecule has 76 heavy (non-hydrogen) atoms. The van der Waals surface area contributed by atoms with E-state index in [0.717, 1.165) is 18.2 Å². The number of aryl methyl sites for hydroxylation is 1. The maximum absolute atomic E-state index is 13.7. The Kier molecular flexibility index (Phi) is 26.0. The van der Waals surface area contributed by atoms with Gasteiger partial charge in [-0.3, -0.25) is 42.9 Å². The normalized spacial score (nSPS) is 12.6. The molecule has 6 rings (SSSR count). The number of carbonyl (C=O) groups is 8. The van der Waals surface area contributed by atoms with E-state index in [9.17, 15) is 46.8 Å². The van der Waals surface area contributed by atoms with Gasteiger partial charge in [-0.05, 0) is 111 Å². The first-order chi connectivity index (χ1) is 35.9. The molecule has 1 saturated heterocycles. The lowest BCUT2D eigenvalue weighted by Gasteiger charge is -2.25. The van der Waals surface area contributed by atoms with E-state index in [1.165, 1.54) is 27.8 Å². The van der Waals surface area contributed by atoms with Gasteiger partial charge in [0.15, 0.2) is 0 Å². The monoisotopic (exact) mass is 1090 g/mol. The zero-order valence-corrected chi connectivity index (χ0v) is 45.3. The van der Waals surface area contributed by atoms with Crippen molar-refractivity contribution >= 4 is 90.2 Å². The lowest BCUT2D eigenvalue weighted by atomic mass is 10.0. The molecular weight excluding hydrogens is 1020 g/mol. The van der Waals surface area contributed by atoms with Gasteiger partial charge in [-0.25, -0.2) is 0 Å². The number of nitrogens with one attached hydrogen (secondary N) is 5. The van der Waals surface area contributed by atoms with E-state index in [1.54, 1.807) is 50.8 Å². The predicted octanol–water partition coefficient (Wildman–Crippen LogP) is 5.78. The molecule has 1 fully saturated rings. The largest absolute Gasteiger partial charge is 0.493 e. The van der Waals surface area contributed by atoms with Gasteiger partial charge >= 0.3 is 11.9 Å². The van der Waals surface area contributed by atoms with E-state index in [4.69, 9.17) is 19.5 Å². The minimum absolute atomic E-state index is 0.0797. The number of hydrogen-bond acceptors (Lipinski definition) is 12. The first-order valence-electron chi connectivity index (χ1n) is 24.6. The smallest absolute Gasteiger partial charge is 0.303 e. The lowest BCUT2D eigenvalue weighted by molar-refractivity contribution is -0.138. The van der Waals surface area contributed by atoms with Crippen LogP contribution in [0, 0.1) is 6.92 Å². The molecule has 0 bridgehead atoms. The lowest BCUT2D eigenvalue weighted by Crippen LogP contribution is -2.53. The third kappa shape index (κ3) is 23.0. The fourth-order valence-electron chi connectivity index (χ4n) is 7.46. The van der Waals surface area contributed by atoms with Gasteiger partial charge in [0.1, 0.15) is 23.6 Å². The van der Waals surface area contributed by atoms with E-state index in [2.05, 4.69) is 63.2 Å². The number of hydrogen-bond donors (Lipinski definition) is 8. The zero-order chi connectivity index (χ0) is 56.4. The number of amides is 6. The molecule has 1 unspecified atom stereocenters. The molecule has 22 heteroatoms. The van der Waals surface area contributed by atoms with Crippen molar-refractivity contribution in [3.8, 4) is 5.75 Å². The summed E-state index contributed by atoms with van der Waals surface area (Å²) in [5, 5.41) is 34.3. The average Bonchev–Trinajstić information content (AvgIpc) is 4.05. The Morgan fingerprint density at radius 1 is 0.789 bits per heavy atom. The molecule has 0 aliphatic carbocycles. The minimum Gasteiger partial charge on any atom is -0.493 e. The molecule has 412 valence electrons. The van der Waals surface area contributed by atoms with Crippen LogP contribution in [0.2, 0.25) is 0 Å². The number of carboxylic acids is 2. The van der Waals surface area contributed by atoms with Crippen LogP contribution in [0.4, 0.5) is 0 Å². The SMILES string of the molecule is CC(C)(C)NC(=O)C(CCCC(=O)O)NC(=O)CNC=O.CCC(=O)O.CCOc1ccc2ccccc2c1C(=O)N[C@@H](Cc1ccc(CS(=O)(=O)O)cc1)C(=O)NCC(=O)N1CCCC1.Cc1csc2ccccc12. The van der Waals surface area contributed by atoms with E-state index in [1.807, 2.05) is 48.6 Å². The maximum Gasteiger partial charge on any atom is 0.303 e. The van der Waals surface area contributed by atoms with Gasteiger partial charge in [0.2, 0.25) is 30.0 Å². The van der Waals surface area contributed by atoms with Crippen molar-refractivity contribution in [2.24, 2.45) is 0 Å². The summed E-state index contributed by atoms with van der Waals surface area (Å²) in [4.78, 5) is 94.9. The fraction of sp³-hybridized carbons (Fsp3) is 0.407. The number of carboxylic acid groups (broad SMARTS) is 2. The van der Waals surface area contributed by atoms with Gasteiger partial charge in [-0.1, -0.05) is 79.7 Å². The number of fused-ring (bicyclic) bond motifs is 2. The van der Waals surface area contributed by atoms with Gasteiger partial charge in [0.25, 0.3) is 16.0 Å². The third-order valence-electron chi connectivity index (χ3n) is 11.1. The van der Waals surface area contributed by atoms with Crippen molar-refractivity contribution in [2.45, 2.75) is 110 Å². The highest BCUT2D eigenvalue weighted by Gasteiger charge is 2.28. The Morgan fingerprint density at radius 2 is 1.41 bits per heavy atom. The number of carbonyl (C=O) groups excluding carboxylic acids is 6. The Bertz CT molecular complexity index is 2860. The molecule has 5 aromatic rings. The Hall–Kier alpha value is -7.43. The Morgan fingerprint density at radius 3 is 1.99 bits per heavy atom. The molecule has 8 N–H and O–H groups in total. The van der Waals surface area contributed by atoms with Crippen LogP contribution in [0.3, 0.4) is 0 Å². The van der Waals surface area contributed by atoms with Crippen LogP contribution in [-0.4, -0.2) is 126 Å². The summed E-state index contributed by atoms with van der Waals surface area (Å²) in [6, 6.07) is 23.9. The number of benzene rings is 4. The number of aliphatic carboxylic acids is 2. The van der Waals surface area contributed by atoms with Gasteiger partial charge in [-0.2, -0.15) is 8.42 Å². The molecule has 0 saturated carbocycles. The molecule has 1 aliphatic heterocycles. The molecule has 6 amide bonds. The topological polar surface area (TPSA) is 304 Å². The highest BCUT2D eigenvalue weighted by atomic mass is 32.2. The third-order valence-corrected chi connectivity index (χ3v) is 12.9. The summed E-state index contributed by atoms with van der Waals surface area (Å²) in [6.45, 7) is 12.2. The first kappa shape index (κ1) is 62.9. The average molecular weight is 1090 g/mol. The quantitative estimate of drug-likeness (QED) is 0.0319. The number of rotatable bonds is 21. The summed E-state index contributed by atoms with van der Waals surface area (Å²) in [5.41, 5.74) is 2.25. The van der Waals surface area contributed by atoms with Crippen LogP contribution < -0.4 is 31.3 Å². The Labute approximate surface area is 447 Å². The summed E-state index contributed by atoms with van der Waals surface area (Å²) >= 11 is 1.81. The minimum atomic E-state index is -4.19. The van der Waals surface area contributed by atoms with Crippen LogP contribution in [0.15, 0.2) is 90.3 Å². The highest BCUT2D eigenvalue weighted by molar-refractivity contribution is 7.85. The predicted molar refractivity (Wildman–Crippen MR) is 290 cm³/mol. The second kappa shape index (κ2) is 31.5. The highest BCUT2D eigenvalue weighted by Crippen LogP contribution is 2.29. The maximum atomic E-state index is 13.7. The molecule has 1 aliphatic rings. The van der Waals surface area contributed by atoms with Crippen molar-refractivity contribution in [3.63, 3.8) is 0 Å². The molecule has 1 aromatic heterocycles. The number of likely N-dealkylation sites (tertiary alicyclic amines) is 1. The summed E-state index contributed by atoms with van der Waals surface area (Å²) < 4.78 is 38.7. The van der Waals surface area contributed by atoms with E-state index in [-0.39, 0.29) is 57.0 Å². The van der Waals surface area contributed by atoms with Gasteiger partial charge in [0.05, 0.1) is 25.3 Å². The number of thiophene rings is 1. The van der Waals surface area contributed by atoms with Crippen LogP contribution in [-0.2, 0) is 55.9 Å². The molecule has 2 atom stereocenters. The molecule has 4 aromatic carbocycles. The second-order valence-corrected chi connectivity index (χ2v) is 20.8. The summed E-state index contributed by atoms with van der Waals surface area (Å²) in [7, 11) is -4.19. The van der Waals surface area contributed by atoms with Crippen molar-refractivity contribution in [2.75, 3.05) is 32.8 Å². The fourth-order valence-corrected chi connectivity index (χ4v) is 9.01. The molecule has 0 radical (unpaired) electrons. The van der Waals surface area contributed by atoms with E-state index in [0.29, 0.717) is 53.9 Å². The van der Waals surface area contributed by atoms with Crippen LogP contribution in [0.1, 0.15) is 100 Å². The summed E-state index contributed by atoms with van der Waals surface area (Å²) in [5.74, 6) is -3.96. The van der Waals surface area contributed by atoms with Crippen molar-refractivity contribution < 1.29 is 66.3 Å². The molecule has 0 spiro atoms. The second-order valence-electron chi connectivity index (χ2n) is 18.5. The summed E-state index contributed by atoms with van der Waals surface area (Å²) in [6.07, 6.45) is 2.94. The van der Waals surface area contributed by atoms with E-state index < -0.39 is 63.2 Å². The van der Waals surface area contributed by atoms with Crippen molar-refractivity contribution in [1.29, 1.82) is 0 Å². The van der Waals surface area contributed by atoms with Crippen molar-refractivity contribution in [3.05, 3.63) is 113 Å². The molecular formula is C54H70N6O14S2. The van der Waals surface area contributed by atoms with Gasteiger partial charge in [0, 0.05) is 42.6 Å². The molecule has 20 nitrogen and oxygen atoms in total. The van der Waals surface area contributed by atoms with Crippen molar-refractivity contribution in [1.82, 2.24) is 31.5 Å². The number of nitrogens with zero attached hydrogens (tertiary/aromatic N) is 1. The van der Waals surface area contributed by atoms with Crippen LogP contribution >= 0.6 is 11.3 Å². The van der Waals surface area contributed by atoms with Gasteiger partial charge < -0.3 is 46.4 Å². The Balaban J connectivity index is 0.000000347. The standard InChI is InChI=1S/C29H33N3O7S.C13H23N3O5.C9H8S.C3H6O2/c1-2-39-25-14-13-22-7-3-4-8-23(22)27(25)29(35)31-24(28(34)30-18-26(33)32-15-5-6-16-32)17-20-9-11-21(12-10-20)19-40(36,37)38;1-13(2,3)16-12(21)9(5-4-6-11(19)20)15-10(18)7-14-8-17;1-7-6-10-9-5-3-2-4-8(7)9;1-2-3(4)5/h3-4,7-14,24H,2,5-6,15-19H2,1H3,(H,30,34)(H,31,35)(H,36,37,38);8-9H,4-7H2,1-3H3,(H,14,17)(H,15,18)(H,16,21)(H,19,20);2-6H,1H3;2H2,1H3,(H,4,5)/t24-;;;/m0.../s1. The van der Waals surface area contributed by atoms with E-state index >= 15 is 0 Å². The zero-order valence-electron chi connectivity index (χ0n) is 43.7. The first-order valence-corrected chi connectivity index (χ1v) is 27.1. The number of ether oxygens (including phenoxy) is 1. The molecule has 2 heterocycles.